The van der Waals surface area contributed by atoms with E-state index in [0.717, 1.165) is 65.2 Å². The minimum Gasteiger partial charge on any atom is -0.392 e. The third-order valence-corrected chi connectivity index (χ3v) is 6.60. The average Bonchev–Trinajstić information content (AvgIpc) is 3.30. The lowest BCUT2D eigenvalue weighted by Crippen LogP contribution is -2.18. The summed E-state index contributed by atoms with van der Waals surface area (Å²) in [7, 11) is 0. The zero-order valence-electron chi connectivity index (χ0n) is 18.0. The molecule has 1 aliphatic carbocycles. The minimum atomic E-state index is -0.788. The molecule has 2 heterocycles. The molecule has 0 radical (unpaired) electrons. The summed E-state index contributed by atoms with van der Waals surface area (Å²) in [4.78, 5) is 16.6. The number of carbonyl (C=O) groups is 1. The smallest absolute Gasteiger partial charge is 0.209 e. The lowest BCUT2D eigenvalue weighted by molar-refractivity contribution is -0.117. The molecule has 2 aromatic rings. The third kappa shape index (κ3) is 5.99. The Labute approximate surface area is 199 Å². The number of allylic oxidation sites excluding steroid dienone is 2. The van der Waals surface area contributed by atoms with Crippen molar-refractivity contribution in [1.82, 2.24) is 9.88 Å². The van der Waals surface area contributed by atoms with Crippen molar-refractivity contribution in [1.29, 1.82) is 0 Å². The Morgan fingerprint density at radius 3 is 2.62 bits per heavy atom. The summed E-state index contributed by atoms with van der Waals surface area (Å²) in [5.74, 6) is 0.237. The Balaban J connectivity index is 0.000000305. The van der Waals surface area contributed by atoms with Crippen molar-refractivity contribution in [2.75, 3.05) is 13.1 Å². The van der Waals surface area contributed by atoms with Gasteiger partial charge in [-0.25, -0.2) is 0 Å². The molecule has 4 rings (SSSR count). The van der Waals surface area contributed by atoms with Crippen LogP contribution in [0.25, 0.3) is 0 Å². The van der Waals surface area contributed by atoms with E-state index in [1.54, 1.807) is 11.1 Å². The van der Waals surface area contributed by atoms with Crippen LogP contribution >= 0.6 is 23.2 Å². The van der Waals surface area contributed by atoms with Crippen molar-refractivity contribution in [3.05, 3.63) is 86.7 Å². The number of aliphatic hydroxyl groups excluding tert-OH is 2. The molecule has 1 aromatic carbocycles. The molecule has 0 saturated carbocycles. The monoisotopic (exact) mass is 474 g/mol. The van der Waals surface area contributed by atoms with Crippen molar-refractivity contribution in [2.45, 2.75) is 44.8 Å². The lowest BCUT2D eigenvalue weighted by Gasteiger charge is -2.21. The van der Waals surface area contributed by atoms with Crippen LogP contribution in [-0.4, -0.2) is 39.6 Å². The van der Waals surface area contributed by atoms with E-state index in [1.165, 1.54) is 0 Å². The Kier molecular flexibility index (Phi) is 8.88. The first kappa shape index (κ1) is 24.5. The summed E-state index contributed by atoms with van der Waals surface area (Å²) in [5.41, 5.74) is 4.20. The number of benzene rings is 1. The van der Waals surface area contributed by atoms with Crippen LogP contribution in [0.2, 0.25) is 5.02 Å². The zero-order chi connectivity index (χ0) is 23.1. The summed E-state index contributed by atoms with van der Waals surface area (Å²) in [6.07, 6.45) is 8.37. The average molecular weight is 475 g/mol. The lowest BCUT2D eigenvalue weighted by atomic mass is 9.89. The molecule has 0 spiro atoms. The van der Waals surface area contributed by atoms with E-state index >= 15 is 0 Å². The van der Waals surface area contributed by atoms with E-state index in [0.29, 0.717) is 11.6 Å². The molecular weight excluding hydrogens is 447 g/mol. The highest BCUT2D eigenvalue weighted by atomic mass is 35.5. The predicted molar refractivity (Wildman–Crippen MR) is 128 cm³/mol. The van der Waals surface area contributed by atoms with Gasteiger partial charge in [-0.2, -0.15) is 0 Å². The number of halogens is 2. The van der Waals surface area contributed by atoms with E-state index in [1.807, 2.05) is 49.4 Å². The van der Waals surface area contributed by atoms with Gasteiger partial charge in [0.25, 0.3) is 0 Å². The Hall–Kier alpha value is -2.18. The van der Waals surface area contributed by atoms with Crippen molar-refractivity contribution in [3.8, 4) is 0 Å². The topological polar surface area (TPSA) is 73.7 Å². The number of hydrogen-bond acceptors (Lipinski definition) is 4. The molecule has 7 heteroatoms. The highest BCUT2D eigenvalue weighted by Crippen LogP contribution is 2.36. The van der Waals surface area contributed by atoms with Gasteiger partial charge in [0.2, 0.25) is 6.41 Å². The maximum Gasteiger partial charge on any atom is 0.209 e. The normalized spacial score (nSPS) is 18.9. The fourth-order valence-corrected chi connectivity index (χ4v) is 4.43. The summed E-state index contributed by atoms with van der Waals surface area (Å²) < 4.78 is 0. The van der Waals surface area contributed by atoms with Crippen LogP contribution < -0.4 is 0 Å². The maximum absolute atomic E-state index is 10.9. The number of aromatic nitrogens is 1. The molecule has 2 aliphatic rings. The van der Waals surface area contributed by atoms with Crippen LogP contribution in [0, 0.1) is 6.92 Å². The third-order valence-electron chi connectivity index (χ3n) is 5.83. The van der Waals surface area contributed by atoms with Crippen molar-refractivity contribution in [3.63, 3.8) is 0 Å². The second-order valence-electron chi connectivity index (χ2n) is 7.96. The quantitative estimate of drug-likeness (QED) is 0.594. The van der Waals surface area contributed by atoms with Crippen molar-refractivity contribution >= 4 is 29.6 Å². The number of aryl methyl sites for hydroxylation is 1. The van der Waals surface area contributed by atoms with E-state index < -0.39 is 6.10 Å². The highest BCUT2D eigenvalue weighted by molar-refractivity contribution is 6.32. The standard InChI is InChI=1S/C19H22ClNO3.C6H6ClN/c20-18-4-2-1-3-17(18)19(24)13-5-6-16(15(9-13)11-22)14-7-8-21(10-14)12-23;1-5-6(7)3-2-4-8-5/h3-6,9,12,14,19,22,24H,1-2,7-8,10-11H2;2-4H,1H3. The first-order valence-corrected chi connectivity index (χ1v) is 11.4. The van der Waals surface area contributed by atoms with Crippen molar-refractivity contribution in [2.24, 2.45) is 0 Å². The van der Waals surface area contributed by atoms with E-state index in [-0.39, 0.29) is 12.5 Å². The number of rotatable bonds is 5. The van der Waals surface area contributed by atoms with Crippen LogP contribution in [0.1, 0.15) is 53.7 Å². The van der Waals surface area contributed by atoms with Gasteiger partial charge < -0.3 is 15.1 Å². The Bertz CT molecular complexity index is 985. The summed E-state index contributed by atoms with van der Waals surface area (Å²) in [5, 5.41) is 21.7. The van der Waals surface area contributed by atoms with Gasteiger partial charge in [-0.15, -0.1) is 0 Å². The van der Waals surface area contributed by atoms with Gasteiger partial charge >= 0.3 is 0 Å². The molecule has 1 amide bonds. The first-order valence-electron chi connectivity index (χ1n) is 10.7. The zero-order valence-corrected chi connectivity index (χ0v) is 19.6. The van der Waals surface area contributed by atoms with E-state index in [4.69, 9.17) is 23.2 Å². The number of carbonyl (C=O) groups excluding carboxylic acids is 1. The molecular formula is C25H28Cl2N2O3. The van der Waals surface area contributed by atoms with Gasteiger partial charge in [0.1, 0.15) is 6.10 Å². The summed E-state index contributed by atoms with van der Waals surface area (Å²) in [6, 6.07) is 9.34. The van der Waals surface area contributed by atoms with Crippen LogP contribution in [-0.2, 0) is 11.4 Å². The SMILES string of the molecule is Cc1ncccc1Cl.O=CN1CCC(c2ccc(C(O)C3=CCCC=C3Cl)cc2CO)C1. The van der Waals surface area contributed by atoms with Crippen LogP contribution in [0.5, 0.6) is 0 Å². The fraction of sp³-hybridized carbons (Fsp3) is 0.360. The van der Waals surface area contributed by atoms with E-state index in [2.05, 4.69) is 4.98 Å². The number of pyridine rings is 1. The number of hydrogen-bond donors (Lipinski definition) is 2. The number of likely N-dealkylation sites (tertiary alicyclic amines) is 1. The number of nitrogens with zero attached hydrogens (tertiary/aromatic N) is 2. The molecule has 2 unspecified atom stereocenters. The fourth-order valence-electron chi connectivity index (χ4n) is 4.02. The molecule has 5 nitrogen and oxygen atoms in total. The highest BCUT2D eigenvalue weighted by Gasteiger charge is 2.26. The first-order chi connectivity index (χ1) is 15.4. The van der Waals surface area contributed by atoms with Crippen LogP contribution in [0.3, 0.4) is 0 Å². The molecule has 2 atom stereocenters. The Morgan fingerprint density at radius 2 is 2.03 bits per heavy atom. The summed E-state index contributed by atoms with van der Waals surface area (Å²) in [6.45, 7) is 3.22. The molecule has 1 aliphatic heterocycles. The molecule has 2 N–H and O–H groups in total. The van der Waals surface area contributed by atoms with Gasteiger partial charge in [-0.1, -0.05) is 53.6 Å². The van der Waals surface area contributed by atoms with Gasteiger partial charge in [0, 0.05) is 30.2 Å². The maximum atomic E-state index is 10.9. The molecule has 1 fully saturated rings. The number of aliphatic hydroxyl groups is 2. The minimum absolute atomic E-state index is 0.0872. The molecule has 1 aromatic heterocycles. The largest absolute Gasteiger partial charge is 0.392 e. The molecule has 1 saturated heterocycles. The second kappa shape index (κ2) is 11.6. The van der Waals surface area contributed by atoms with Gasteiger partial charge in [0.15, 0.2) is 0 Å². The Morgan fingerprint density at radius 1 is 1.25 bits per heavy atom. The van der Waals surface area contributed by atoms with Gasteiger partial charge in [-0.05, 0) is 60.6 Å². The summed E-state index contributed by atoms with van der Waals surface area (Å²) >= 11 is 11.9. The molecule has 170 valence electrons. The van der Waals surface area contributed by atoms with Crippen molar-refractivity contribution < 1.29 is 15.0 Å². The second-order valence-corrected chi connectivity index (χ2v) is 8.78. The van der Waals surface area contributed by atoms with Crippen LogP contribution in [0.15, 0.2) is 59.3 Å². The van der Waals surface area contributed by atoms with Crippen LogP contribution in [0.4, 0.5) is 0 Å². The van der Waals surface area contributed by atoms with Gasteiger partial charge in [0.05, 0.1) is 17.3 Å². The predicted octanol–water partition coefficient (Wildman–Crippen LogP) is 5.04. The van der Waals surface area contributed by atoms with E-state index in [9.17, 15) is 15.0 Å². The molecule has 0 bridgehead atoms. The molecule has 32 heavy (non-hydrogen) atoms. The van der Waals surface area contributed by atoms with Gasteiger partial charge in [-0.3, -0.25) is 9.78 Å². The number of amides is 1.